The second-order valence-electron chi connectivity index (χ2n) is 3.35. The Kier molecular flexibility index (Phi) is 2.62. The molecule has 1 aromatic carbocycles. The quantitative estimate of drug-likeness (QED) is 0.860. The summed E-state index contributed by atoms with van der Waals surface area (Å²) < 4.78 is 25.2. The third kappa shape index (κ3) is 1.71. The van der Waals surface area contributed by atoms with Gasteiger partial charge in [0.1, 0.15) is 10.6 Å². The molecule has 0 unspecified atom stereocenters. The van der Waals surface area contributed by atoms with Gasteiger partial charge in [0, 0.05) is 13.1 Å². The predicted molar refractivity (Wildman–Crippen MR) is 56.5 cm³/mol. The lowest BCUT2D eigenvalue weighted by molar-refractivity contribution is 0.308. The lowest BCUT2D eigenvalue weighted by Crippen LogP contribution is -2.42. The van der Waals surface area contributed by atoms with Crippen molar-refractivity contribution in [3.05, 3.63) is 23.2 Å². The van der Waals surface area contributed by atoms with E-state index in [1.165, 1.54) is 22.5 Å². The van der Waals surface area contributed by atoms with Gasteiger partial charge in [-0.1, -0.05) is 17.7 Å². The minimum absolute atomic E-state index is 0.0573. The van der Waals surface area contributed by atoms with Gasteiger partial charge in [0.2, 0.25) is 10.0 Å². The zero-order chi connectivity index (χ0) is 11.1. The summed E-state index contributed by atoms with van der Waals surface area (Å²) in [6.07, 6.45) is 0.852. The number of rotatable bonds is 2. The molecular formula is C9H10ClNO3S. The molecule has 1 aliphatic heterocycles. The molecule has 0 radical (unpaired) electrons. The van der Waals surface area contributed by atoms with Crippen molar-refractivity contribution in [2.24, 2.45) is 0 Å². The Balaban J connectivity index is 2.53. The molecule has 15 heavy (non-hydrogen) atoms. The van der Waals surface area contributed by atoms with Crippen LogP contribution in [-0.2, 0) is 10.0 Å². The van der Waals surface area contributed by atoms with Crippen LogP contribution in [0.3, 0.4) is 0 Å². The van der Waals surface area contributed by atoms with Gasteiger partial charge in [0.05, 0.1) is 5.02 Å². The van der Waals surface area contributed by atoms with Crippen LogP contribution in [0.25, 0.3) is 0 Å². The number of aromatic hydroxyl groups is 1. The van der Waals surface area contributed by atoms with Gasteiger partial charge in [-0.3, -0.25) is 0 Å². The van der Waals surface area contributed by atoms with Gasteiger partial charge in [0.15, 0.2) is 0 Å². The number of halogens is 1. The Hall–Kier alpha value is -0.780. The molecule has 4 nitrogen and oxygen atoms in total. The van der Waals surface area contributed by atoms with Gasteiger partial charge in [-0.05, 0) is 18.6 Å². The highest BCUT2D eigenvalue weighted by molar-refractivity contribution is 7.89. The number of hydrogen-bond acceptors (Lipinski definition) is 3. The van der Waals surface area contributed by atoms with Crippen LogP contribution in [0.4, 0.5) is 0 Å². The first-order chi connectivity index (χ1) is 7.03. The third-order valence-corrected chi connectivity index (χ3v) is 4.78. The van der Waals surface area contributed by atoms with E-state index >= 15 is 0 Å². The number of phenols is 1. The predicted octanol–water partition coefficient (Wildman–Crippen LogP) is 1.44. The summed E-state index contributed by atoms with van der Waals surface area (Å²) in [5.41, 5.74) is 0. The van der Waals surface area contributed by atoms with Gasteiger partial charge in [-0.25, -0.2) is 8.42 Å². The van der Waals surface area contributed by atoms with Crippen molar-refractivity contribution >= 4 is 21.6 Å². The highest BCUT2D eigenvalue weighted by Gasteiger charge is 2.33. The maximum absolute atomic E-state index is 11.9. The van der Waals surface area contributed by atoms with Gasteiger partial charge in [-0.2, -0.15) is 4.31 Å². The van der Waals surface area contributed by atoms with E-state index in [0.29, 0.717) is 13.1 Å². The topological polar surface area (TPSA) is 57.6 Å². The van der Waals surface area contributed by atoms with E-state index in [0.717, 1.165) is 6.42 Å². The molecule has 1 aliphatic rings. The molecule has 0 amide bonds. The molecule has 82 valence electrons. The summed E-state index contributed by atoms with van der Waals surface area (Å²) >= 11 is 5.77. The molecule has 6 heteroatoms. The summed E-state index contributed by atoms with van der Waals surface area (Å²) in [5, 5.41) is 9.56. The summed E-state index contributed by atoms with van der Waals surface area (Å²) in [4.78, 5) is -0.189. The van der Waals surface area contributed by atoms with Crippen molar-refractivity contribution < 1.29 is 13.5 Å². The van der Waals surface area contributed by atoms with Gasteiger partial charge in [-0.15, -0.1) is 0 Å². The smallest absolute Gasteiger partial charge is 0.248 e. The van der Waals surface area contributed by atoms with Gasteiger partial charge in [0.25, 0.3) is 0 Å². The molecule has 0 aromatic heterocycles. The lowest BCUT2D eigenvalue weighted by atomic mass is 10.3. The van der Waals surface area contributed by atoms with E-state index in [2.05, 4.69) is 0 Å². The maximum atomic E-state index is 11.9. The second-order valence-corrected chi connectivity index (χ2v) is 5.63. The first kappa shape index (κ1) is 10.7. The number of hydrogen-bond donors (Lipinski definition) is 1. The summed E-state index contributed by atoms with van der Waals surface area (Å²) in [5.74, 6) is -0.297. The molecule has 0 bridgehead atoms. The molecular weight excluding hydrogens is 238 g/mol. The lowest BCUT2D eigenvalue weighted by Gasteiger charge is -2.30. The second kappa shape index (κ2) is 3.66. The highest BCUT2D eigenvalue weighted by atomic mass is 35.5. The van der Waals surface area contributed by atoms with E-state index in [9.17, 15) is 13.5 Å². The zero-order valence-corrected chi connectivity index (χ0v) is 9.42. The van der Waals surface area contributed by atoms with E-state index in [-0.39, 0.29) is 15.7 Å². The molecule has 1 N–H and O–H groups in total. The van der Waals surface area contributed by atoms with Crippen LogP contribution in [0.5, 0.6) is 5.75 Å². The van der Waals surface area contributed by atoms with Crippen LogP contribution in [0, 0.1) is 0 Å². The zero-order valence-electron chi connectivity index (χ0n) is 7.85. The third-order valence-electron chi connectivity index (χ3n) is 2.36. The monoisotopic (exact) mass is 247 g/mol. The molecule has 0 spiro atoms. The molecule has 2 rings (SSSR count). The van der Waals surface area contributed by atoms with Crippen LogP contribution in [0.1, 0.15) is 6.42 Å². The van der Waals surface area contributed by atoms with Crippen LogP contribution >= 0.6 is 11.6 Å². The standard InChI is InChI=1S/C9H10ClNO3S/c10-7-3-1-4-8(12)9(7)15(13,14)11-5-2-6-11/h1,3-4,12H,2,5-6H2. The van der Waals surface area contributed by atoms with Crippen LogP contribution in [0.15, 0.2) is 23.1 Å². The fourth-order valence-electron chi connectivity index (χ4n) is 1.41. The first-order valence-corrected chi connectivity index (χ1v) is 6.33. The van der Waals surface area contributed by atoms with Crippen molar-refractivity contribution in [1.29, 1.82) is 0 Å². The Bertz CT molecular complexity index is 462. The van der Waals surface area contributed by atoms with E-state index in [1.807, 2.05) is 0 Å². The fraction of sp³-hybridized carbons (Fsp3) is 0.333. The Morgan fingerprint density at radius 1 is 1.33 bits per heavy atom. The largest absolute Gasteiger partial charge is 0.506 e. The van der Waals surface area contributed by atoms with E-state index in [1.54, 1.807) is 0 Å². The summed E-state index contributed by atoms with van der Waals surface area (Å²) in [6, 6.07) is 4.28. The summed E-state index contributed by atoms with van der Waals surface area (Å²) in [6.45, 7) is 0.986. The summed E-state index contributed by atoms with van der Waals surface area (Å²) in [7, 11) is -3.61. The molecule has 1 heterocycles. The van der Waals surface area contributed by atoms with Crippen molar-refractivity contribution in [3.63, 3.8) is 0 Å². The molecule has 0 atom stereocenters. The van der Waals surface area contributed by atoms with Crippen LogP contribution in [0.2, 0.25) is 5.02 Å². The SMILES string of the molecule is O=S(=O)(c1c(O)cccc1Cl)N1CCC1. The molecule has 1 saturated heterocycles. The molecule has 1 aromatic rings. The van der Waals surface area contributed by atoms with Crippen molar-refractivity contribution in [1.82, 2.24) is 4.31 Å². The molecule has 1 fully saturated rings. The minimum Gasteiger partial charge on any atom is -0.506 e. The van der Waals surface area contributed by atoms with E-state index < -0.39 is 10.0 Å². The average Bonchev–Trinajstić information content (AvgIpc) is 1.97. The van der Waals surface area contributed by atoms with Gasteiger partial charge < -0.3 is 5.11 Å². The Morgan fingerprint density at radius 2 is 2.00 bits per heavy atom. The number of nitrogens with zero attached hydrogens (tertiary/aromatic N) is 1. The molecule has 0 aliphatic carbocycles. The number of phenolic OH excluding ortho intramolecular Hbond substituents is 1. The number of benzene rings is 1. The van der Waals surface area contributed by atoms with Crippen molar-refractivity contribution in [2.75, 3.05) is 13.1 Å². The minimum atomic E-state index is -3.61. The van der Waals surface area contributed by atoms with Crippen molar-refractivity contribution in [3.8, 4) is 5.75 Å². The average molecular weight is 248 g/mol. The fourth-order valence-corrected chi connectivity index (χ4v) is 3.52. The van der Waals surface area contributed by atoms with Crippen molar-refractivity contribution in [2.45, 2.75) is 11.3 Å². The first-order valence-electron chi connectivity index (χ1n) is 4.51. The van der Waals surface area contributed by atoms with Crippen LogP contribution in [-0.4, -0.2) is 30.9 Å². The Morgan fingerprint density at radius 3 is 2.47 bits per heavy atom. The molecule has 0 saturated carbocycles. The van der Waals surface area contributed by atoms with Crippen LogP contribution < -0.4 is 0 Å². The van der Waals surface area contributed by atoms with E-state index in [4.69, 9.17) is 11.6 Å². The highest BCUT2D eigenvalue weighted by Crippen LogP contribution is 2.33. The number of sulfonamides is 1. The maximum Gasteiger partial charge on any atom is 0.248 e. The van der Waals surface area contributed by atoms with Gasteiger partial charge >= 0.3 is 0 Å². The normalized spacial score (nSPS) is 17.4. The Labute approximate surface area is 93.1 Å².